The predicted octanol–water partition coefficient (Wildman–Crippen LogP) is 2.34. The van der Waals surface area contributed by atoms with Crippen LogP contribution in [-0.4, -0.2) is 16.5 Å². The molecule has 0 spiro atoms. The summed E-state index contributed by atoms with van der Waals surface area (Å²) in [5.41, 5.74) is 0.803. The van der Waals surface area contributed by atoms with Gasteiger partial charge in [0.1, 0.15) is 6.07 Å². The molecule has 2 rings (SSSR count). The van der Waals surface area contributed by atoms with E-state index in [1.165, 1.54) is 25.7 Å². The van der Waals surface area contributed by atoms with E-state index in [9.17, 15) is 0 Å². The minimum absolute atomic E-state index is 0.382. The highest BCUT2D eigenvalue weighted by molar-refractivity contribution is 5.46. The third kappa shape index (κ3) is 1.99. The van der Waals surface area contributed by atoms with Crippen molar-refractivity contribution >= 4 is 5.82 Å². The maximum Gasteiger partial charge on any atom is 0.182 e. The molecule has 0 atom stereocenters. The fourth-order valence-electron chi connectivity index (χ4n) is 2.15. The molecule has 0 aliphatic heterocycles. The number of anilines is 1. The second kappa shape index (κ2) is 4.48. The Hall–Kier alpha value is -1.63. The number of hydrogen-bond donors (Lipinski definition) is 1. The summed E-state index contributed by atoms with van der Waals surface area (Å²) in [6.45, 7) is 3.12. The van der Waals surface area contributed by atoms with Crippen LogP contribution in [0.4, 0.5) is 5.82 Å². The van der Waals surface area contributed by atoms with Gasteiger partial charge in [0, 0.05) is 18.9 Å². The third-order valence-electron chi connectivity index (χ3n) is 3.60. The smallest absolute Gasteiger partial charge is 0.182 e. The fourth-order valence-corrected chi connectivity index (χ4v) is 2.15. The lowest BCUT2D eigenvalue weighted by Gasteiger charge is -2.41. The molecule has 1 aromatic heterocycles. The Balaban J connectivity index is 2.02. The zero-order valence-electron chi connectivity index (χ0n) is 9.53. The van der Waals surface area contributed by atoms with Gasteiger partial charge in [-0.05, 0) is 24.7 Å². The topological polar surface area (TPSA) is 61.6 Å². The van der Waals surface area contributed by atoms with Crippen molar-refractivity contribution in [2.24, 2.45) is 5.41 Å². The quantitative estimate of drug-likeness (QED) is 0.839. The van der Waals surface area contributed by atoms with Crippen LogP contribution < -0.4 is 5.32 Å². The summed E-state index contributed by atoms with van der Waals surface area (Å²) in [7, 11) is 0. The number of nitriles is 1. The molecule has 4 heteroatoms. The summed E-state index contributed by atoms with van der Waals surface area (Å²) in [4.78, 5) is 8.13. The monoisotopic (exact) mass is 216 g/mol. The molecular formula is C12H16N4. The van der Waals surface area contributed by atoms with Gasteiger partial charge < -0.3 is 5.32 Å². The van der Waals surface area contributed by atoms with Gasteiger partial charge in [0.05, 0.1) is 0 Å². The molecule has 0 unspecified atom stereocenters. The second-order valence-corrected chi connectivity index (χ2v) is 4.43. The highest BCUT2D eigenvalue weighted by Crippen LogP contribution is 2.43. The van der Waals surface area contributed by atoms with Gasteiger partial charge >= 0.3 is 0 Å². The second-order valence-electron chi connectivity index (χ2n) is 4.43. The summed E-state index contributed by atoms with van der Waals surface area (Å²) in [6, 6.07) is 2.05. The molecule has 1 aromatic rings. The van der Waals surface area contributed by atoms with Crippen molar-refractivity contribution < 1.29 is 0 Å². The first-order valence-corrected chi connectivity index (χ1v) is 5.75. The molecule has 1 N–H and O–H groups in total. The molecule has 0 saturated heterocycles. The Morgan fingerprint density at radius 3 is 2.75 bits per heavy atom. The Morgan fingerprint density at radius 1 is 1.44 bits per heavy atom. The van der Waals surface area contributed by atoms with Crippen LogP contribution in [0.5, 0.6) is 0 Å². The molecule has 1 aliphatic rings. The van der Waals surface area contributed by atoms with E-state index in [4.69, 9.17) is 5.26 Å². The van der Waals surface area contributed by atoms with Gasteiger partial charge in [0.15, 0.2) is 11.5 Å². The zero-order valence-corrected chi connectivity index (χ0v) is 9.53. The molecular weight excluding hydrogens is 200 g/mol. The SMILES string of the molecule is CCC1(CNc2nccnc2C#N)CCC1. The normalized spacial score (nSPS) is 17.2. The Labute approximate surface area is 95.7 Å². The summed E-state index contributed by atoms with van der Waals surface area (Å²) < 4.78 is 0. The molecule has 84 valence electrons. The van der Waals surface area contributed by atoms with Crippen LogP contribution in [0.15, 0.2) is 12.4 Å². The van der Waals surface area contributed by atoms with E-state index >= 15 is 0 Å². The summed E-state index contributed by atoms with van der Waals surface area (Å²) in [5.74, 6) is 0.615. The zero-order chi connectivity index (χ0) is 11.4. The Bertz CT molecular complexity index is 398. The lowest BCUT2D eigenvalue weighted by molar-refractivity contribution is 0.145. The third-order valence-corrected chi connectivity index (χ3v) is 3.60. The maximum atomic E-state index is 8.88. The van der Waals surface area contributed by atoms with Gasteiger partial charge in [-0.1, -0.05) is 13.3 Å². The van der Waals surface area contributed by atoms with Gasteiger partial charge in [-0.3, -0.25) is 0 Å². The van der Waals surface area contributed by atoms with E-state index in [1.54, 1.807) is 12.4 Å². The van der Waals surface area contributed by atoms with Crippen molar-refractivity contribution in [3.63, 3.8) is 0 Å². The number of nitrogens with zero attached hydrogens (tertiary/aromatic N) is 3. The number of nitrogens with one attached hydrogen (secondary N) is 1. The summed E-state index contributed by atoms with van der Waals surface area (Å²) >= 11 is 0. The number of hydrogen-bond acceptors (Lipinski definition) is 4. The fraction of sp³-hybridized carbons (Fsp3) is 0.583. The molecule has 0 amide bonds. The molecule has 1 fully saturated rings. The van der Waals surface area contributed by atoms with Crippen molar-refractivity contribution in [1.82, 2.24) is 9.97 Å². The van der Waals surface area contributed by atoms with E-state index in [1.807, 2.05) is 6.07 Å². The highest BCUT2D eigenvalue weighted by atomic mass is 15.0. The van der Waals surface area contributed by atoms with Gasteiger partial charge in [-0.2, -0.15) is 5.26 Å². The van der Waals surface area contributed by atoms with Gasteiger partial charge in [0.2, 0.25) is 0 Å². The first-order chi connectivity index (χ1) is 7.79. The number of rotatable bonds is 4. The van der Waals surface area contributed by atoms with Crippen LogP contribution in [0, 0.1) is 16.7 Å². The summed E-state index contributed by atoms with van der Waals surface area (Å²) in [6.07, 6.45) is 8.21. The van der Waals surface area contributed by atoms with Crippen LogP contribution in [-0.2, 0) is 0 Å². The van der Waals surface area contributed by atoms with Crippen molar-refractivity contribution in [3.8, 4) is 6.07 Å². The molecule has 16 heavy (non-hydrogen) atoms. The Morgan fingerprint density at radius 2 is 2.19 bits per heavy atom. The molecule has 1 aliphatic carbocycles. The minimum atomic E-state index is 0.382. The van der Waals surface area contributed by atoms with Crippen LogP contribution >= 0.6 is 0 Å². The molecule has 0 radical (unpaired) electrons. The van der Waals surface area contributed by atoms with Crippen LogP contribution in [0.3, 0.4) is 0 Å². The lowest BCUT2D eigenvalue weighted by Crippen LogP contribution is -2.36. The van der Waals surface area contributed by atoms with E-state index in [2.05, 4.69) is 22.2 Å². The van der Waals surface area contributed by atoms with E-state index in [0.29, 0.717) is 16.9 Å². The first kappa shape index (κ1) is 10.9. The van der Waals surface area contributed by atoms with Gasteiger partial charge in [0.25, 0.3) is 0 Å². The predicted molar refractivity (Wildman–Crippen MR) is 61.8 cm³/mol. The van der Waals surface area contributed by atoms with Crippen molar-refractivity contribution in [2.75, 3.05) is 11.9 Å². The highest BCUT2D eigenvalue weighted by Gasteiger charge is 2.34. The molecule has 1 heterocycles. The lowest BCUT2D eigenvalue weighted by atomic mass is 9.67. The maximum absolute atomic E-state index is 8.88. The largest absolute Gasteiger partial charge is 0.367 e. The molecule has 0 aromatic carbocycles. The van der Waals surface area contributed by atoms with E-state index in [-0.39, 0.29) is 0 Å². The molecule has 4 nitrogen and oxygen atoms in total. The average molecular weight is 216 g/mol. The van der Waals surface area contributed by atoms with Crippen LogP contribution in [0.1, 0.15) is 38.3 Å². The number of aromatic nitrogens is 2. The Kier molecular flexibility index (Phi) is 3.04. The van der Waals surface area contributed by atoms with Gasteiger partial charge in [-0.25, -0.2) is 9.97 Å². The van der Waals surface area contributed by atoms with Gasteiger partial charge in [-0.15, -0.1) is 0 Å². The van der Waals surface area contributed by atoms with Crippen LogP contribution in [0.2, 0.25) is 0 Å². The van der Waals surface area contributed by atoms with E-state index < -0.39 is 0 Å². The first-order valence-electron chi connectivity index (χ1n) is 5.75. The van der Waals surface area contributed by atoms with Crippen molar-refractivity contribution in [2.45, 2.75) is 32.6 Å². The summed E-state index contributed by atoms with van der Waals surface area (Å²) in [5, 5.41) is 12.1. The van der Waals surface area contributed by atoms with Crippen molar-refractivity contribution in [1.29, 1.82) is 5.26 Å². The average Bonchev–Trinajstić information content (AvgIpc) is 2.29. The molecule has 0 bridgehead atoms. The minimum Gasteiger partial charge on any atom is -0.367 e. The van der Waals surface area contributed by atoms with Crippen molar-refractivity contribution in [3.05, 3.63) is 18.1 Å². The standard InChI is InChI=1S/C12H16N4/c1-2-12(4-3-5-12)9-16-11-10(8-13)14-6-7-15-11/h6-7H,2-5,9H2,1H3,(H,15,16). The molecule has 1 saturated carbocycles. The van der Waals surface area contributed by atoms with E-state index in [0.717, 1.165) is 6.54 Å². The van der Waals surface area contributed by atoms with Crippen LogP contribution in [0.25, 0.3) is 0 Å².